The van der Waals surface area contributed by atoms with Crippen molar-refractivity contribution in [3.63, 3.8) is 0 Å². The van der Waals surface area contributed by atoms with Gasteiger partial charge in [-0.25, -0.2) is 4.98 Å². The van der Waals surface area contributed by atoms with Crippen LogP contribution in [0.15, 0.2) is 6.07 Å². The molecular formula is C16H17N3O5S. The van der Waals surface area contributed by atoms with Crippen molar-refractivity contribution in [3.8, 4) is 23.0 Å². The molecule has 0 saturated heterocycles. The summed E-state index contributed by atoms with van der Waals surface area (Å²) in [5, 5.41) is 6.58. The second-order valence-electron chi connectivity index (χ2n) is 5.55. The maximum absolute atomic E-state index is 12.2. The molecule has 9 heteroatoms. The van der Waals surface area contributed by atoms with Crippen LogP contribution in [-0.2, 0) is 4.79 Å². The van der Waals surface area contributed by atoms with E-state index >= 15 is 0 Å². The monoisotopic (exact) mass is 363 g/mol. The number of nitrogens with zero attached hydrogens (tertiary/aromatic N) is 1. The number of hydrogen-bond donors (Lipinski definition) is 2. The van der Waals surface area contributed by atoms with E-state index in [1.54, 1.807) is 21.3 Å². The highest BCUT2D eigenvalue weighted by atomic mass is 32.1. The van der Waals surface area contributed by atoms with Crippen molar-refractivity contribution in [1.29, 1.82) is 0 Å². The molecule has 0 radical (unpaired) electrons. The highest BCUT2D eigenvalue weighted by Gasteiger charge is 2.36. The average Bonchev–Trinajstić information content (AvgIpc) is 3.25. The number of ether oxygens (including phenoxy) is 4. The van der Waals surface area contributed by atoms with Crippen LogP contribution in [0.25, 0.3) is 0 Å². The third-order valence-corrected chi connectivity index (χ3v) is 5.40. The van der Waals surface area contributed by atoms with Gasteiger partial charge in [-0.1, -0.05) is 11.3 Å². The van der Waals surface area contributed by atoms with E-state index < -0.39 is 0 Å². The number of aromatic nitrogens is 1. The molecule has 1 unspecified atom stereocenters. The van der Waals surface area contributed by atoms with E-state index in [1.165, 1.54) is 11.3 Å². The predicted molar refractivity (Wildman–Crippen MR) is 92.4 cm³/mol. The van der Waals surface area contributed by atoms with Crippen LogP contribution in [0, 0.1) is 0 Å². The molecule has 2 aliphatic heterocycles. The lowest BCUT2D eigenvalue weighted by atomic mass is 9.90. The van der Waals surface area contributed by atoms with Gasteiger partial charge >= 0.3 is 0 Å². The summed E-state index contributed by atoms with van der Waals surface area (Å²) in [6, 6.07) is 1.86. The molecule has 1 aromatic carbocycles. The number of methoxy groups -OCH3 is 2. The molecule has 1 atom stereocenters. The van der Waals surface area contributed by atoms with Crippen molar-refractivity contribution in [2.24, 2.45) is 0 Å². The van der Waals surface area contributed by atoms with Crippen LogP contribution in [-0.4, -0.2) is 39.0 Å². The Morgan fingerprint density at radius 3 is 2.84 bits per heavy atom. The summed E-state index contributed by atoms with van der Waals surface area (Å²) in [6.45, 7) is 0.124. The fraction of sp³-hybridized carbons (Fsp3) is 0.375. The molecule has 132 valence electrons. The Labute approximate surface area is 148 Å². The topological polar surface area (TPSA) is 90.9 Å². The number of anilines is 2. The van der Waals surface area contributed by atoms with Crippen LogP contribution in [0.4, 0.5) is 10.9 Å². The molecular weight excluding hydrogens is 346 g/mol. The largest absolute Gasteiger partial charge is 0.492 e. The first-order valence-corrected chi connectivity index (χ1v) is 8.50. The Balaban J connectivity index is 1.90. The summed E-state index contributed by atoms with van der Waals surface area (Å²) in [4.78, 5) is 17.6. The number of carbonyl (C=O) groups is 1. The summed E-state index contributed by atoms with van der Waals surface area (Å²) in [6.07, 6.45) is 0.289. The van der Waals surface area contributed by atoms with Gasteiger partial charge in [0.05, 0.1) is 19.1 Å². The molecule has 0 bridgehead atoms. The number of rotatable bonds is 4. The van der Waals surface area contributed by atoms with Crippen molar-refractivity contribution >= 4 is 28.2 Å². The Morgan fingerprint density at radius 1 is 1.32 bits per heavy atom. The van der Waals surface area contributed by atoms with Gasteiger partial charge in [0.25, 0.3) is 0 Å². The van der Waals surface area contributed by atoms with Crippen LogP contribution in [0.5, 0.6) is 23.0 Å². The molecule has 8 nitrogen and oxygen atoms in total. The number of carbonyl (C=O) groups excluding carboxylic acids is 1. The van der Waals surface area contributed by atoms with E-state index in [-0.39, 0.29) is 25.0 Å². The molecule has 0 fully saturated rings. The molecule has 1 amide bonds. The summed E-state index contributed by atoms with van der Waals surface area (Å²) in [7, 11) is 4.92. The second-order valence-corrected chi connectivity index (χ2v) is 6.58. The Bertz CT molecular complexity index is 851. The zero-order chi connectivity index (χ0) is 17.6. The Hall–Kier alpha value is -2.68. The number of nitrogens with one attached hydrogen (secondary N) is 2. The minimum atomic E-state index is -0.207. The number of thiazole rings is 1. The van der Waals surface area contributed by atoms with Crippen LogP contribution in [0.2, 0.25) is 0 Å². The third-order valence-electron chi connectivity index (χ3n) is 4.22. The fourth-order valence-electron chi connectivity index (χ4n) is 3.15. The van der Waals surface area contributed by atoms with Crippen molar-refractivity contribution in [3.05, 3.63) is 16.5 Å². The summed E-state index contributed by atoms with van der Waals surface area (Å²) >= 11 is 1.50. The fourth-order valence-corrected chi connectivity index (χ4v) is 4.14. The third kappa shape index (κ3) is 2.42. The van der Waals surface area contributed by atoms with E-state index in [0.29, 0.717) is 28.8 Å². The van der Waals surface area contributed by atoms with Gasteiger partial charge in [-0.3, -0.25) is 4.79 Å². The van der Waals surface area contributed by atoms with E-state index in [4.69, 9.17) is 18.9 Å². The molecule has 4 rings (SSSR count). The van der Waals surface area contributed by atoms with Gasteiger partial charge in [-0.2, -0.15) is 0 Å². The lowest BCUT2D eigenvalue weighted by Crippen LogP contribution is -2.23. The maximum atomic E-state index is 12.2. The van der Waals surface area contributed by atoms with Gasteiger partial charge < -0.3 is 29.6 Å². The molecule has 0 spiro atoms. The highest BCUT2D eigenvalue weighted by Crippen LogP contribution is 2.54. The molecule has 3 heterocycles. The molecule has 0 aliphatic carbocycles. The van der Waals surface area contributed by atoms with Crippen LogP contribution >= 0.6 is 11.3 Å². The lowest BCUT2D eigenvalue weighted by molar-refractivity contribution is -0.116. The molecule has 25 heavy (non-hydrogen) atoms. The van der Waals surface area contributed by atoms with Gasteiger partial charge in [0.1, 0.15) is 5.82 Å². The Morgan fingerprint density at radius 2 is 2.12 bits per heavy atom. The molecule has 0 saturated carbocycles. The first-order valence-electron chi connectivity index (χ1n) is 7.69. The number of hydrogen-bond acceptors (Lipinski definition) is 8. The van der Waals surface area contributed by atoms with Gasteiger partial charge in [0, 0.05) is 24.9 Å². The van der Waals surface area contributed by atoms with E-state index in [1.807, 2.05) is 6.07 Å². The summed E-state index contributed by atoms with van der Waals surface area (Å²) in [5.41, 5.74) is 0.811. The van der Waals surface area contributed by atoms with E-state index in [9.17, 15) is 4.79 Å². The Kier molecular flexibility index (Phi) is 3.79. The lowest BCUT2D eigenvalue weighted by Gasteiger charge is -2.24. The van der Waals surface area contributed by atoms with Gasteiger partial charge in [-0.05, 0) is 6.07 Å². The minimum absolute atomic E-state index is 0.0934. The van der Waals surface area contributed by atoms with Gasteiger partial charge in [0.15, 0.2) is 16.6 Å². The standard InChI is InChI=1S/C16H17N3O5S/c1-17-16-19-15-14(25-16)8(5-10(20)18-15)7-4-9-12(24-6-23-9)13(22-3)11(7)21-2/h4,8H,5-6H2,1-3H3,(H,17,19)(H,18,20). The van der Waals surface area contributed by atoms with Crippen molar-refractivity contribution < 1.29 is 23.7 Å². The van der Waals surface area contributed by atoms with E-state index in [2.05, 4.69) is 15.6 Å². The zero-order valence-corrected chi connectivity index (χ0v) is 14.8. The highest BCUT2D eigenvalue weighted by molar-refractivity contribution is 7.16. The first kappa shape index (κ1) is 15.8. The zero-order valence-electron chi connectivity index (χ0n) is 14.0. The van der Waals surface area contributed by atoms with Crippen LogP contribution in [0.3, 0.4) is 0 Å². The average molecular weight is 363 g/mol. The predicted octanol–water partition coefficient (Wildman–Crippen LogP) is 2.40. The number of benzene rings is 1. The molecule has 2 aliphatic rings. The molecule has 2 N–H and O–H groups in total. The van der Waals surface area contributed by atoms with Crippen molar-refractivity contribution in [2.45, 2.75) is 12.3 Å². The van der Waals surface area contributed by atoms with Gasteiger partial charge in [0.2, 0.25) is 24.2 Å². The summed E-state index contributed by atoms with van der Waals surface area (Å²) in [5.74, 6) is 2.39. The van der Waals surface area contributed by atoms with Gasteiger partial charge in [-0.15, -0.1) is 0 Å². The quantitative estimate of drug-likeness (QED) is 0.862. The number of fused-ring (bicyclic) bond motifs is 2. The number of amides is 1. The van der Waals surface area contributed by atoms with Crippen molar-refractivity contribution in [2.75, 3.05) is 38.7 Å². The van der Waals surface area contributed by atoms with Crippen LogP contribution in [0.1, 0.15) is 22.8 Å². The summed E-state index contributed by atoms with van der Waals surface area (Å²) < 4.78 is 22.1. The van der Waals surface area contributed by atoms with Crippen LogP contribution < -0.4 is 29.6 Å². The SMILES string of the molecule is CNc1nc2c(s1)C(c1cc3c(c(OC)c1OC)OCO3)CC(=O)N2. The second kappa shape index (κ2) is 5.99. The smallest absolute Gasteiger partial charge is 0.231 e. The first-order chi connectivity index (χ1) is 12.2. The molecule has 1 aromatic heterocycles. The minimum Gasteiger partial charge on any atom is -0.492 e. The normalized spacial score (nSPS) is 17.7. The maximum Gasteiger partial charge on any atom is 0.231 e. The molecule has 2 aromatic rings. The van der Waals surface area contributed by atoms with Crippen molar-refractivity contribution in [1.82, 2.24) is 4.98 Å². The van der Waals surface area contributed by atoms with E-state index in [0.717, 1.165) is 15.6 Å².